The first-order valence-corrected chi connectivity index (χ1v) is 9.36. The van der Waals surface area contributed by atoms with Gasteiger partial charge in [0.25, 0.3) is 0 Å². The molecule has 2 heterocycles. The first-order valence-electron chi connectivity index (χ1n) is 8.98. The van der Waals surface area contributed by atoms with Gasteiger partial charge in [-0.25, -0.2) is 4.98 Å². The Morgan fingerprint density at radius 2 is 2.23 bits per heavy atom. The Bertz CT molecular complexity index is 709. The smallest absolute Gasteiger partial charge is 0.142 e. The molecule has 0 saturated carbocycles. The van der Waals surface area contributed by atoms with E-state index >= 15 is 0 Å². The predicted molar refractivity (Wildman–Crippen MR) is 105 cm³/mol. The maximum absolute atomic E-state index is 6.30. The number of likely N-dealkylation sites (N-methyl/N-ethyl adjacent to an activating group) is 1. The molecule has 0 amide bonds. The second-order valence-corrected chi connectivity index (χ2v) is 6.93. The average molecular weight is 376 g/mol. The van der Waals surface area contributed by atoms with Crippen LogP contribution < -0.4 is 15.0 Å². The highest BCUT2D eigenvalue weighted by Crippen LogP contribution is 2.36. The number of rotatable bonds is 7. The van der Waals surface area contributed by atoms with E-state index in [2.05, 4.69) is 27.3 Å². The molecule has 0 spiro atoms. The maximum atomic E-state index is 6.30. The van der Waals surface area contributed by atoms with E-state index in [4.69, 9.17) is 21.1 Å². The molecule has 5 nitrogen and oxygen atoms in total. The molecule has 3 rings (SSSR count). The Hall–Kier alpha value is -1.82. The van der Waals surface area contributed by atoms with Gasteiger partial charge in [-0.15, -0.1) is 0 Å². The molecule has 140 valence electrons. The Kier molecular flexibility index (Phi) is 6.72. The van der Waals surface area contributed by atoms with Crippen molar-refractivity contribution in [2.75, 3.05) is 38.8 Å². The zero-order valence-electron chi connectivity index (χ0n) is 15.4. The van der Waals surface area contributed by atoms with Crippen molar-refractivity contribution < 1.29 is 9.47 Å². The minimum atomic E-state index is 0.232. The summed E-state index contributed by atoms with van der Waals surface area (Å²) in [7, 11) is 3.73. The number of nitrogens with zero attached hydrogens (tertiary/aromatic N) is 2. The van der Waals surface area contributed by atoms with E-state index in [1.54, 1.807) is 7.11 Å². The van der Waals surface area contributed by atoms with Crippen LogP contribution in [0.25, 0.3) is 0 Å². The monoisotopic (exact) mass is 375 g/mol. The molecule has 0 unspecified atom stereocenters. The molecule has 1 atom stereocenters. The van der Waals surface area contributed by atoms with Crippen molar-refractivity contribution in [3.05, 3.63) is 52.7 Å². The topological polar surface area (TPSA) is 46.6 Å². The third-order valence-electron chi connectivity index (χ3n) is 4.64. The third-order valence-corrected chi connectivity index (χ3v) is 4.94. The number of ether oxygens (including phenoxy) is 2. The second kappa shape index (κ2) is 9.21. The van der Waals surface area contributed by atoms with E-state index < -0.39 is 0 Å². The van der Waals surface area contributed by atoms with Crippen molar-refractivity contribution >= 4 is 17.4 Å². The van der Waals surface area contributed by atoms with E-state index in [0.29, 0.717) is 18.2 Å². The fourth-order valence-corrected chi connectivity index (χ4v) is 3.35. The van der Waals surface area contributed by atoms with Gasteiger partial charge >= 0.3 is 0 Å². The quantitative estimate of drug-likeness (QED) is 0.797. The van der Waals surface area contributed by atoms with Crippen molar-refractivity contribution in [2.45, 2.75) is 25.4 Å². The summed E-state index contributed by atoms with van der Waals surface area (Å²) >= 11 is 6.30. The van der Waals surface area contributed by atoms with Crippen LogP contribution in [0.3, 0.4) is 0 Å². The molecule has 1 aliphatic heterocycles. The van der Waals surface area contributed by atoms with Crippen molar-refractivity contribution in [2.24, 2.45) is 0 Å². The lowest BCUT2D eigenvalue weighted by atomic mass is 10.0. The Balaban J connectivity index is 1.63. The van der Waals surface area contributed by atoms with E-state index in [9.17, 15) is 0 Å². The van der Waals surface area contributed by atoms with E-state index in [1.165, 1.54) is 0 Å². The van der Waals surface area contributed by atoms with Gasteiger partial charge in [0.1, 0.15) is 11.6 Å². The van der Waals surface area contributed by atoms with Crippen LogP contribution in [-0.2, 0) is 11.3 Å². The van der Waals surface area contributed by atoms with Gasteiger partial charge in [0.05, 0.1) is 18.2 Å². The molecule has 0 bridgehead atoms. The number of fused-ring (bicyclic) bond motifs is 1. The summed E-state index contributed by atoms with van der Waals surface area (Å²) in [5.74, 6) is 1.77. The predicted octanol–water partition coefficient (Wildman–Crippen LogP) is 3.82. The number of halogens is 1. The van der Waals surface area contributed by atoms with Crippen LogP contribution in [0.4, 0.5) is 5.82 Å². The molecule has 26 heavy (non-hydrogen) atoms. The molecule has 1 aliphatic rings. The van der Waals surface area contributed by atoms with Gasteiger partial charge in [-0.1, -0.05) is 29.8 Å². The molecule has 6 heteroatoms. The Morgan fingerprint density at radius 1 is 1.35 bits per heavy atom. The van der Waals surface area contributed by atoms with Crippen molar-refractivity contribution in [1.29, 1.82) is 0 Å². The standard InChI is InChI=1S/C20H26ClN3O2/c1-24(10-12-25-2)19-9-8-15(14-23-19)13-22-18-7-4-11-26-20-16(18)5-3-6-17(20)21/h3,5-6,8-9,14,18,22H,4,7,10-13H2,1-2H3/t18-/m1/s1. The van der Waals surface area contributed by atoms with Crippen LogP contribution in [0.2, 0.25) is 5.02 Å². The average Bonchev–Trinajstić information content (AvgIpc) is 2.88. The van der Waals surface area contributed by atoms with Gasteiger partial charge < -0.3 is 19.7 Å². The van der Waals surface area contributed by atoms with Crippen LogP contribution in [-0.4, -0.2) is 38.9 Å². The van der Waals surface area contributed by atoms with Gasteiger partial charge in [-0.3, -0.25) is 0 Å². The minimum absolute atomic E-state index is 0.232. The molecule has 0 saturated heterocycles. The SMILES string of the molecule is COCCN(C)c1ccc(CN[C@@H]2CCCOc3c(Cl)cccc32)cn1. The van der Waals surface area contributed by atoms with Crippen molar-refractivity contribution in [3.8, 4) is 5.75 Å². The number of hydrogen-bond acceptors (Lipinski definition) is 5. The van der Waals surface area contributed by atoms with Crippen LogP contribution in [0.5, 0.6) is 5.75 Å². The van der Waals surface area contributed by atoms with Gasteiger partial charge in [0.2, 0.25) is 0 Å². The van der Waals surface area contributed by atoms with Gasteiger partial charge in [0, 0.05) is 45.0 Å². The Morgan fingerprint density at radius 3 is 3.00 bits per heavy atom. The molecule has 1 aromatic heterocycles. The lowest BCUT2D eigenvalue weighted by Crippen LogP contribution is -2.23. The lowest BCUT2D eigenvalue weighted by molar-refractivity contribution is 0.206. The van der Waals surface area contributed by atoms with E-state index in [0.717, 1.165) is 48.6 Å². The highest BCUT2D eigenvalue weighted by molar-refractivity contribution is 6.32. The maximum Gasteiger partial charge on any atom is 0.142 e. The Labute approximate surface area is 160 Å². The van der Waals surface area contributed by atoms with Crippen LogP contribution in [0, 0.1) is 0 Å². The fourth-order valence-electron chi connectivity index (χ4n) is 3.11. The van der Waals surface area contributed by atoms with Gasteiger partial charge in [-0.2, -0.15) is 0 Å². The number of benzene rings is 1. The highest BCUT2D eigenvalue weighted by atomic mass is 35.5. The number of hydrogen-bond donors (Lipinski definition) is 1. The van der Waals surface area contributed by atoms with Gasteiger partial charge in [-0.05, 0) is 30.5 Å². The van der Waals surface area contributed by atoms with Crippen molar-refractivity contribution in [1.82, 2.24) is 10.3 Å². The third kappa shape index (κ3) is 4.67. The van der Waals surface area contributed by atoms with Crippen molar-refractivity contribution in [3.63, 3.8) is 0 Å². The first kappa shape index (κ1) is 19.0. The minimum Gasteiger partial charge on any atom is -0.492 e. The molecule has 1 N–H and O–H groups in total. The number of pyridine rings is 1. The van der Waals surface area contributed by atoms with Gasteiger partial charge in [0.15, 0.2) is 0 Å². The lowest BCUT2D eigenvalue weighted by Gasteiger charge is -2.20. The van der Waals surface area contributed by atoms with E-state index in [1.807, 2.05) is 31.4 Å². The number of anilines is 1. The molecule has 0 fully saturated rings. The number of nitrogens with one attached hydrogen (secondary N) is 1. The largest absolute Gasteiger partial charge is 0.492 e. The molecular weight excluding hydrogens is 350 g/mol. The molecule has 1 aromatic carbocycles. The van der Waals surface area contributed by atoms with Crippen LogP contribution >= 0.6 is 11.6 Å². The molecular formula is C20H26ClN3O2. The first-order chi connectivity index (χ1) is 12.7. The summed E-state index contributed by atoms with van der Waals surface area (Å²) in [5, 5.41) is 4.31. The summed E-state index contributed by atoms with van der Waals surface area (Å²) < 4.78 is 10.9. The van der Waals surface area contributed by atoms with E-state index in [-0.39, 0.29) is 6.04 Å². The summed E-state index contributed by atoms with van der Waals surface area (Å²) in [5.41, 5.74) is 2.29. The van der Waals surface area contributed by atoms with Crippen LogP contribution in [0.15, 0.2) is 36.5 Å². The summed E-state index contributed by atoms with van der Waals surface area (Å²) in [4.78, 5) is 6.64. The molecule has 0 aliphatic carbocycles. The summed E-state index contributed by atoms with van der Waals surface area (Å²) in [6.07, 6.45) is 3.96. The highest BCUT2D eigenvalue weighted by Gasteiger charge is 2.21. The fraction of sp³-hybridized carbons (Fsp3) is 0.450. The number of methoxy groups -OCH3 is 1. The summed E-state index contributed by atoms with van der Waals surface area (Å²) in [6.45, 7) is 2.97. The second-order valence-electron chi connectivity index (χ2n) is 6.52. The number of para-hydroxylation sites is 1. The zero-order chi connectivity index (χ0) is 18.4. The molecule has 0 radical (unpaired) electrons. The summed E-state index contributed by atoms with van der Waals surface area (Å²) in [6, 6.07) is 10.4. The molecule has 2 aromatic rings. The number of aromatic nitrogens is 1. The normalized spacial score (nSPS) is 16.5. The van der Waals surface area contributed by atoms with Crippen LogP contribution in [0.1, 0.15) is 30.0 Å². The zero-order valence-corrected chi connectivity index (χ0v) is 16.1.